The molecule has 3 aromatic carbocycles. The standard InChI is InChI=1S/C24H14Br2ClNO4/c1-31-19-9-7-15(11-17(19)27)28-21(12-2-4-13(25)5-3-12)20-22(29)16-10-14(26)6-8-18(16)32-23(20)24(28)30/h2-11,21H,1H3. The Morgan fingerprint density at radius 1 is 0.969 bits per heavy atom. The zero-order chi connectivity index (χ0) is 22.6. The van der Waals surface area contributed by atoms with E-state index in [-0.39, 0.29) is 11.2 Å². The molecular weight excluding hydrogens is 562 g/mol. The van der Waals surface area contributed by atoms with Gasteiger partial charge in [0.25, 0.3) is 5.91 Å². The second kappa shape index (κ2) is 8.06. The van der Waals surface area contributed by atoms with Gasteiger partial charge in [0, 0.05) is 14.6 Å². The minimum Gasteiger partial charge on any atom is -0.495 e. The molecule has 5 rings (SSSR count). The van der Waals surface area contributed by atoms with Gasteiger partial charge in [0.15, 0.2) is 5.43 Å². The van der Waals surface area contributed by atoms with Crippen molar-refractivity contribution in [1.82, 2.24) is 0 Å². The molecule has 160 valence electrons. The lowest BCUT2D eigenvalue weighted by atomic mass is 9.98. The van der Waals surface area contributed by atoms with Gasteiger partial charge in [-0.15, -0.1) is 0 Å². The van der Waals surface area contributed by atoms with E-state index in [4.69, 9.17) is 20.8 Å². The maximum absolute atomic E-state index is 13.6. The van der Waals surface area contributed by atoms with E-state index in [0.29, 0.717) is 33.0 Å². The number of ether oxygens (including phenoxy) is 1. The number of amides is 1. The van der Waals surface area contributed by atoms with E-state index in [0.717, 1.165) is 14.5 Å². The van der Waals surface area contributed by atoms with Crippen LogP contribution in [0.5, 0.6) is 5.75 Å². The van der Waals surface area contributed by atoms with E-state index in [2.05, 4.69) is 31.9 Å². The quantitative estimate of drug-likeness (QED) is 0.272. The Bertz CT molecular complexity index is 1450. The average molecular weight is 576 g/mol. The van der Waals surface area contributed by atoms with E-state index in [1.165, 1.54) is 12.0 Å². The van der Waals surface area contributed by atoms with Gasteiger partial charge < -0.3 is 9.15 Å². The average Bonchev–Trinajstić information content (AvgIpc) is 3.07. The number of benzene rings is 3. The van der Waals surface area contributed by atoms with Crippen LogP contribution in [0.15, 0.2) is 78.8 Å². The predicted octanol–water partition coefficient (Wildman–Crippen LogP) is 6.73. The lowest BCUT2D eigenvalue weighted by molar-refractivity contribution is 0.0971. The molecule has 0 saturated heterocycles. The van der Waals surface area contributed by atoms with Crippen LogP contribution in [0.2, 0.25) is 5.02 Å². The van der Waals surface area contributed by atoms with E-state index < -0.39 is 11.9 Å². The summed E-state index contributed by atoms with van der Waals surface area (Å²) in [6, 6.07) is 17.0. The maximum atomic E-state index is 13.6. The Kier molecular flexibility index (Phi) is 5.35. The predicted molar refractivity (Wildman–Crippen MR) is 131 cm³/mol. The SMILES string of the molecule is COc1ccc(N2C(=O)c3oc4ccc(Br)cc4c(=O)c3C2c2ccc(Br)cc2)cc1Cl. The lowest BCUT2D eigenvalue weighted by Gasteiger charge is -2.25. The minimum atomic E-state index is -0.672. The smallest absolute Gasteiger partial charge is 0.295 e. The summed E-state index contributed by atoms with van der Waals surface area (Å²) in [5.74, 6) is 0.116. The number of carbonyl (C=O) groups excluding carboxylic acids is 1. The number of methoxy groups -OCH3 is 1. The first-order valence-corrected chi connectivity index (χ1v) is 11.5. The molecule has 1 aromatic heterocycles. The number of carbonyl (C=O) groups is 1. The molecular formula is C24H14Br2ClNO4. The summed E-state index contributed by atoms with van der Waals surface area (Å²) >= 11 is 13.2. The highest BCUT2D eigenvalue weighted by Gasteiger charge is 2.43. The lowest BCUT2D eigenvalue weighted by Crippen LogP contribution is -2.29. The third-order valence-corrected chi connectivity index (χ3v) is 6.75. The summed E-state index contributed by atoms with van der Waals surface area (Å²) in [6.07, 6.45) is 0. The fraction of sp³-hybridized carbons (Fsp3) is 0.0833. The van der Waals surface area contributed by atoms with Gasteiger partial charge in [0.1, 0.15) is 11.3 Å². The van der Waals surface area contributed by atoms with Gasteiger partial charge in [-0.1, -0.05) is 55.6 Å². The van der Waals surface area contributed by atoms with Crippen molar-refractivity contribution in [2.24, 2.45) is 0 Å². The summed E-state index contributed by atoms with van der Waals surface area (Å²) < 4.78 is 12.9. The first kappa shape index (κ1) is 21.2. The molecule has 1 aliphatic rings. The molecule has 0 fully saturated rings. The second-order valence-electron chi connectivity index (χ2n) is 7.26. The molecule has 0 radical (unpaired) electrons. The zero-order valence-electron chi connectivity index (χ0n) is 16.6. The summed E-state index contributed by atoms with van der Waals surface area (Å²) in [4.78, 5) is 28.7. The molecule has 0 N–H and O–H groups in total. The Hall–Kier alpha value is -2.61. The number of rotatable bonds is 3. The van der Waals surface area contributed by atoms with Crippen LogP contribution in [0, 0.1) is 0 Å². The fourth-order valence-electron chi connectivity index (χ4n) is 3.98. The number of nitrogens with zero attached hydrogens (tertiary/aromatic N) is 1. The molecule has 1 unspecified atom stereocenters. The number of anilines is 1. The summed E-state index contributed by atoms with van der Waals surface area (Å²) in [6.45, 7) is 0. The van der Waals surface area contributed by atoms with Crippen LogP contribution in [-0.2, 0) is 0 Å². The fourth-order valence-corrected chi connectivity index (χ4v) is 4.85. The van der Waals surface area contributed by atoms with Crippen molar-refractivity contribution < 1.29 is 13.9 Å². The third-order valence-electron chi connectivity index (χ3n) is 5.43. The Morgan fingerprint density at radius 2 is 1.69 bits per heavy atom. The van der Waals surface area contributed by atoms with E-state index in [9.17, 15) is 9.59 Å². The molecule has 0 aliphatic carbocycles. The van der Waals surface area contributed by atoms with Crippen LogP contribution in [-0.4, -0.2) is 13.0 Å². The highest BCUT2D eigenvalue weighted by Crippen LogP contribution is 2.43. The van der Waals surface area contributed by atoms with E-state index >= 15 is 0 Å². The van der Waals surface area contributed by atoms with Crippen LogP contribution < -0.4 is 15.1 Å². The number of hydrogen-bond donors (Lipinski definition) is 0. The normalized spacial score (nSPS) is 15.3. The maximum Gasteiger partial charge on any atom is 0.295 e. The topological polar surface area (TPSA) is 59.8 Å². The van der Waals surface area contributed by atoms with Crippen LogP contribution >= 0.6 is 43.5 Å². The zero-order valence-corrected chi connectivity index (χ0v) is 20.5. The monoisotopic (exact) mass is 573 g/mol. The highest BCUT2D eigenvalue weighted by molar-refractivity contribution is 9.10. The van der Waals surface area contributed by atoms with Gasteiger partial charge >= 0.3 is 0 Å². The Labute approximate surface area is 204 Å². The molecule has 2 heterocycles. The van der Waals surface area contributed by atoms with Gasteiger partial charge in [-0.3, -0.25) is 14.5 Å². The Balaban J connectivity index is 1.80. The Morgan fingerprint density at radius 3 is 2.38 bits per heavy atom. The summed E-state index contributed by atoms with van der Waals surface area (Å²) in [5.41, 5.74) is 1.72. The molecule has 5 nitrogen and oxygen atoms in total. The number of fused-ring (bicyclic) bond motifs is 2. The first-order chi connectivity index (χ1) is 15.4. The van der Waals surface area contributed by atoms with Crippen molar-refractivity contribution >= 4 is 66.0 Å². The molecule has 1 amide bonds. The van der Waals surface area contributed by atoms with Crippen LogP contribution in [0.25, 0.3) is 11.0 Å². The number of halogens is 3. The molecule has 32 heavy (non-hydrogen) atoms. The van der Waals surface area contributed by atoms with Crippen molar-refractivity contribution in [2.45, 2.75) is 6.04 Å². The van der Waals surface area contributed by atoms with Crippen molar-refractivity contribution in [3.8, 4) is 5.75 Å². The molecule has 0 spiro atoms. The van der Waals surface area contributed by atoms with Crippen LogP contribution in [0.4, 0.5) is 5.69 Å². The summed E-state index contributed by atoms with van der Waals surface area (Å²) in [5, 5.41) is 0.763. The molecule has 1 aliphatic heterocycles. The van der Waals surface area contributed by atoms with E-state index in [1.54, 1.807) is 36.4 Å². The molecule has 4 aromatic rings. The van der Waals surface area contributed by atoms with E-state index in [1.807, 2.05) is 24.3 Å². The second-order valence-corrected chi connectivity index (χ2v) is 9.50. The molecule has 8 heteroatoms. The van der Waals surface area contributed by atoms with Crippen molar-refractivity contribution in [2.75, 3.05) is 12.0 Å². The molecule has 0 bridgehead atoms. The number of hydrogen-bond acceptors (Lipinski definition) is 4. The molecule has 1 atom stereocenters. The van der Waals surface area contributed by atoms with Crippen LogP contribution in [0.1, 0.15) is 27.7 Å². The van der Waals surface area contributed by atoms with Gasteiger partial charge in [-0.2, -0.15) is 0 Å². The summed E-state index contributed by atoms with van der Waals surface area (Å²) in [7, 11) is 1.52. The van der Waals surface area contributed by atoms with Crippen molar-refractivity contribution in [1.29, 1.82) is 0 Å². The van der Waals surface area contributed by atoms with Crippen molar-refractivity contribution in [3.05, 3.63) is 102 Å². The van der Waals surface area contributed by atoms with Crippen molar-refractivity contribution in [3.63, 3.8) is 0 Å². The molecule has 0 saturated carbocycles. The third kappa shape index (κ3) is 3.36. The van der Waals surface area contributed by atoms with Gasteiger partial charge in [-0.25, -0.2) is 0 Å². The van der Waals surface area contributed by atoms with Gasteiger partial charge in [0.05, 0.1) is 29.1 Å². The van der Waals surface area contributed by atoms with Crippen LogP contribution in [0.3, 0.4) is 0 Å². The minimum absolute atomic E-state index is 0.0321. The highest BCUT2D eigenvalue weighted by atomic mass is 79.9. The largest absolute Gasteiger partial charge is 0.495 e. The van der Waals surface area contributed by atoms with Gasteiger partial charge in [0.2, 0.25) is 5.76 Å². The first-order valence-electron chi connectivity index (χ1n) is 9.58. The van der Waals surface area contributed by atoms with Gasteiger partial charge in [-0.05, 0) is 54.1 Å².